The van der Waals surface area contributed by atoms with Crippen LogP contribution in [-0.4, -0.2) is 33.3 Å². The molecule has 1 aromatic carbocycles. The fourth-order valence-corrected chi connectivity index (χ4v) is 2.79. The number of carbonyl (C=O) groups is 1. The Labute approximate surface area is 140 Å². The summed E-state index contributed by atoms with van der Waals surface area (Å²) >= 11 is 0. The van der Waals surface area contributed by atoms with Crippen molar-refractivity contribution in [3.8, 4) is 11.4 Å². The normalized spacial score (nSPS) is 17.2. The molecule has 9 heteroatoms. The lowest BCUT2D eigenvalue weighted by Crippen LogP contribution is -2.21. The summed E-state index contributed by atoms with van der Waals surface area (Å²) in [7, 11) is 0. The van der Waals surface area contributed by atoms with Crippen molar-refractivity contribution in [2.75, 3.05) is 0 Å². The van der Waals surface area contributed by atoms with E-state index in [-0.39, 0.29) is 29.7 Å². The van der Waals surface area contributed by atoms with E-state index < -0.39 is 12.3 Å². The SMILES string of the molecule is Cc1cc(-n2nc(C(=O)O)c3c2CC(C)OC3)ccc1OC(F)(F)F. The molecule has 2 heterocycles. The molecule has 0 saturated heterocycles. The van der Waals surface area contributed by atoms with Crippen LogP contribution in [0.2, 0.25) is 0 Å². The maximum absolute atomic E-state index is 12.4. The van der Waals surface area contributed by atoms with Crippen LogP contribution in [0.25, 0.3) is 5.69 Å². The number of hydrogen-bond donors (Lipinski definition) is 1. The lowest BCUT2D eigenvalue weighted by Gasteiger charge is -2.21. The fourth-order valence-electron chi connectivity index (χ4n) is 2.79. The molecule has 1 aliphatic heterocycles. The molecule has 0 bridgehead atoms. The van der Waals surface area contributed by atoms with E-state index in [4.69, 9.17) is 4.74 Å². The molecular weight excluding hydrogens is 341 g/mol. The van der Waals surface area contributed by atoms with Gasteiger partial charge >= 0.3 is 12.3 Å². The zero-order valence-corrected chi connectivity index (χ0v) is 13.4. The molecular formula is C16H15F3N2O4. The second-order valence-corrected chi connectivity index (χ2v) is 5.81. The predicted octanol–water partition coefficient (Wildman–Crippen LogP) is 3.24. The van der Waals surface area contributed by atoms with Crippen LogP contribution in [0.3, 0.4) is 0 Å². The molecule has 2 aromatic rings. The summed E-state index contributed by atoms with van der Waals surface area (Å²) in [5, 5.41) is 13.4. The van der Waals surface area contributed by atoms with Gasteiger partial charge in [0.25, 0.3) is 0 Å². The first-order valence-corrected chi connectivity index (χ1v) is 7.48. The third-order valence-corrected chi connectivity index (χ3v) is 3.91. The molecule has 0 saturated carbocycles. The number of hydrogen-bond acceptors (Lipinski definition) is 4. The molecule has 6 nitrogen and oxygen atoms in total. The number of rotatable bonds is 3. The molecule has 0 aliphatic carbocycles. The van der Waals surface area contributed by atoms with Crippen molar-refractivity contribution >= 4 is 5.97 Å². The van der Waals surface area contributed by atoms with Crippen molar-refractivity contribution in [1.82, 2.24) is 9.78 Å². The second kappa shape index (κ2) is 6.07. The topological polar surface area (TPSA) is 73.6 Å². The fraction of sp³-hybridized carbons (Fsp3) is 0.375. The zero-order valence-electron chi connectivity index (χ0n) is 13.4. The van der Waals surface area contributed by atoms with Gasteiger partial charge in [0.05, 0.1) is 24.1 Å². The van der Waals surface area contributed by atoms with Crippen LogP contribution in [0, 0.1) is 6.92 Å². The highest BCUT2D eigenvalue weighted by atomic mass is 19.4. The Balaban J connectivity index is 2.05. The minimum absolute atomic E-state index is 0.112. The zero-order chi connectivity index (χ0) is 18.4. The molecule has 1 atom stereocenters. The predicted molar refractivity (Wildman–Crippen MR) is 79.9 cm³/mol. The highest BCUT2D eigenvalue weighted by Crippen LogP contribution is 2.30. The van der Waals surface area contributed by atoms with Gasteiger partial charge in [-0.2, -0.15) is 5.10 Å². The maximum atomic E-state index is 12.4. The molecule has 3 rings (SSSR count). The first kappa shape index (κ1) is 17.3. The van der Waals surface area contributed by atoms with Gasteiger partial charge in [0.1, 0.15) is 5.75 Å². The molecule has 0 fully saturated rings. The van der Waals surface area contributed by atoms with E-state index >= 15 is 0 Å². The van der Waals surface area contributed by atoms with Crippen LogP contribution in [0.15, 0.2) is 18.2 Å². The van der Waals surface area contributed by atoms with Gasteiger partial charge in [-0.15, -0.1) is 13.2 Å². The van der Waals surface area contributed by atoms with E-state index in [0.717, 1.165) is 0 Å². The largest absolute Gasteiger partial charge is 0.573 e. The minimum atomic E-state index is -4.78. The van der Waals surface area contributed by atoms with E-state index in [9.17, 15) is 23.1 Å². The number of aromatic carboxylic acids is 1. The average Bonchev–Trinajstić information content (AvgIpc) is 2.87. The van der Waals surface area contributed by atoms with Gasteiger partial charge in [0.2, 0.25) is 0 Å². The van der Waals surface area contributed by atoms with Crippen molar-refractivity contribution in [2.45, 2.75) is 39.3 Å². The molecule has 0 amide bonds. The number of halogens is 3. The summed E-state index contributed by atoms with van der Waals surface area (Å²) in [5.41, 5.74) is 1.77. The number of aromatic nitrogens is 2. The monoisotopic (exact) mass is 356 g/mol. The molecule has 1 unspecified atom stereocenters. The Kier molecular flexibility index (Phi) is 4.19. The summed E-state index contributed by atoms with van der Waals surface area (Å²) in [6.45, 7) is 3.46. The van der Waals surface area contributed by atoms with E-state index in [1.807, 2.05) is 6.92 Å². The molecule has 1 aromatic heterocycles. The Morgan fingerprint density at radius 1 is 1.44 bits per heavy atom. The number of benzene rings is 1. The second-order valence-electron chi connectivity index (χ2n) is 5.81. The van der Waals surface area contributed by atoms with E-state index in [2.05, 4.69) is 9.84 Å². The maximum Gasteiger partial charge on any atom is 0.573 e. The average molecular weight is 356 g/mol. The molecule has 25 heavy (non-hydrogen) atoms. The summed E-state index contributed by atoms with van der Waals surface area (Å²) in [6, 6.07) is 4.07. The first-order valence-electron chi connectivity index (χ1n) is 7.48. The van der Waals surface area contributed by atoms with Gasteiger partial charge < -0.3 is 14.6 Å². The number of fused-ring (bicyclic) bond motifs is 1. The number of alkyl halides is 3. The van der Waals surface area contributed by atoms with Gasteiger partial charge in [-0.1, -0.05) is 0 Å². The van der Waals surface area contributed by atoms with Gasteiger partial charge in [-0.05, 0) is 37.6 Å². The summed E-state index contributed by atoms with van der Waals surface area (Å²) in [4.78, 5) is 11.4. The first-order chi connectivity index (χ1) is 11.7. The van der Waals surface area contributed by atoms with Crippen molar-refractivity contribution in [3.05, 3.63) is 40.7 Å². The quantitative estimate of drug-likeness (QED) is 0.914. The van der Waals surface area contributed by atoms with Crippen LogP contribution in [-0.2, 0) is 17.8 Å². The molecule has 1 N–H and O–H groups in total. The molecule has 0 radical (unpaired) electrons. The van der Waals surface area contributed by atoms with Gasteiger partial charge in [-0.25, -0.2) is 9.48 Å². The van der Waals surface area contributed by atoms with E-state index in [1.54, 1.807) is 0 Å². The van der Waals surface area contributed by atoms with Crippen molar-refractivity contribution in [2.24, 2.45) is 0 Å². The van der Waals surface area contributed by atoms with Gasteiger partial charge in [0, 0.05) is 12.0 Å². The van der Waals surface area contributed by atoms with Crippen molar-refractivity contribution in [1.29, 1.82) is 0 Å². The summed E-state index contributed by atoms with van der Waals surface area (Å²) < 4.78 is 48.0. The lowest BCUT2D eigenvalue weighted by molar-refractivity contribution is -0.274. The highest BCUT2D eigenvalue weighted by Gasteiger charge is 2.32. The third-order valence-electron chi connectivity index (χ3n) is 3.91. The number of aryl methyl sites for hydroxylation is 1. The van der Waals surface area contributed by atoms with Crippen molar-refractivity contribution in [3.63, 3.8) is 0 Å². The number of ether oxygens (including phenoxy) is 2. The minimum Gasteiger partial charge on any atom is -0.476 e. The molecule has 0 spiro atoms. The Bertz CT molecular complexity index is 830. The number of nitrogens with zero attached hydrogens (tertiary/aromatic N) is 2. The molecule has 134 valence electrons. The van der Waals surface area contributed by atoms with Gasteiger partial charge in [0.15, 0.2) is 5.69 Å². The van der Waals surface area contributed by atoms with Crippen LogP contribution < -0.4 is 4.74 Å². The molecule has 1 aliphatic rings. The highest BCUT2D eigenvalue weighted by molar-refractivity contribution is 5.87. The number of carboxylic acid groups (broad SMARTS) is 1. The van der Waals surface area contributed by atoms with Crippen molar-refractivity contribution < 1.29 is 32.5 Å². The van der Waals surface area contributed by atoms with Crippen LogP contribution in [0.4, 0.5) is 13.2 Å². The summed E-state index contributed by atoms with van der Waals surface area (Å²) in [5.74, 6) is -1.49. The standard InChI is InChI=1S/C16H15F3N2O4/c1-8-5-10(3-4-13(8)25-16(17,18)19)21-12-6-9(2)24-7-11(12)14(20-21)15(22)23/h3-5,9H,6-7H2,1-2H3,(H,22,23). The Hall–Kier alpha value is -2.55. The van der Waals surface area contributed by atoms with Gasteiger partial charge in [-0.3, -0.25) is 0 Å². The smallest absolute Gasteiger partial charge is 0.476 e. The third kappa shape index (κ3) is 3.46. The lowest BCUT2D eigenvalue weighted by atomic mass is 10.1. The van der Waals surface area contributed by atoms with Crippen LogP contribution >= 0.6 is 0 Å². The van der Waals surface area contributed by atoms with Crippen LogP contribution in [0.1, 0.15) is 34.2 Å². The van der Waals surface area contributed by atoms with E-state index in [0.29, 0.717) is 23.4 Å². The number of carboxylic acids is 1. The summed E-state index contributed by atoms with van der Waals surface area (Å²) in [6.07, 6.45) is -4.44. The van der Waals surface area contributed by atoms with E-state index in [1.165, 1.54) is 29.8 Å². The Morgan fingerprint density at radius 3 is 2.76 bits per heavy atom. The Morgan fingerprint density at radius 2 is 2.16 bits per heavy atom. The van der Waals surface area contributed by atoms with Crippen LogP contribution in [0.5, 0.6) is 5.75 Å².